The number of amides is 1. The Morgan fingerprint density at radius 3 is 2.73 bits per heavy atom. The highest BCUT2D eigenvalue weighted by Crippen LogP contribution is 2.05. The van der Waals surface area contributed by atoms with E-state index in [1.54, 1.807) is 4.90 Å². The first kappa shape index (κ1) is 16.0. The van der Waals surface area contributed by atoms with E-state index in [0.29, 0.717) is 26.3 Å². The summed E-state index contributed by atoms with van der Waals surface area (Å²) in [6.07, 6.45) is 1.54. The van der Waals surface area contributed by atoms with Gasteiger partial charge in [-0.3, -0.25) is 14.4 Å². The molecule has 0 spiro atoms. The van der Waals surface area contributed by atoms with Crippen molar-refractivity contribution in [3.63, 3.8) is 0 Å². The summed E-state index contributed by atoms with van der Waals surface area (Å²) in [4.78, 5) is 36.2. The smallest absolute Gasteiger partial charge is 0.323 e. The Balaban J connectivity index is 1.87. The first-order chi connectivity index (χ1) is 10.6. The van der Waals surface area contributed by atoms with Crippen LogP contribution in [0.4, 0.5) is 0 Å². The van der Waals surface area contributed by atoms with E-state index in [2.05, 4.69) is 0 Å². The largest absolute Gasteiger partial charge is 0.487 e. The van der Waals surface area contributed by atoms with E-state index in [9.17, 15) is 14.4 Å². The van der Waals surface area contributed by atoms with Crippen LogP contribution in [0.3, 0.4) is 0 Å². The minimum Gasteiger partial charge on any atom is -0.487 e. The van der Waals surface area contributed by atoms with Crippen LogP contribution in [0.2, 0.25) is 0 Å². The molecule has 8 heteroatoms. The van der Waals surface area contributed by atoms with E-state index in [4.69, 9.17) is 14.6 Å². The highest BCUT2D eigenvalue weighted by atomic mass is 16.5. The lowest BCUT2D eigenvalue weighted by atomic mass is 10.3. The van der Waals surface area contributed by atoms with Crippen LogP contribution in [0.25, 0.3) is 0 Å². The van der Waals surface area contributed by atoms with Gasteiger partial charge in [-0.25, -0.2) is 0 Å². The molecular weight excluding hydrogens is 292 g/mol. The van der Waals surface area contributed by atoms with E-state index in [1.807, 2.05) is 0 Å². The molecule has 22 heavy (non-hydrogen) atoms. The molecule has 8 nitrogen and oxygen atoms in total. The Labute approximate surface area is 126 Å². The number of aromatic nitrogens is 1. The number of aliphatic carboxylic acids is 1. The Morgan fingerprint density at radius 2 is 2.05 bits per heavy atom. The van der Waals surface area contributed by atoms with E-state index < -0.39 is 18.1 Å². The van der Waals surface area contributed by atoms with Gasteiger partial charge in [0.15, 0.2) is 5.75 Å². The van der Waals surface area contributed by atoms with Crippen LogP contribution < -0.4 is 10.3 Å². The Morgan fingerprint density at radius 1 is 1.32 bits per heavy atom. The summed E-state index contributed by atoms with van der Waals surface area (Å²) < 4.78 is 11.5. The molecule has 1 amide bonds. The molecule has 2 rings (SSSR count). The van der Waals surface area contributed by atoms with Gasteiger partial charge in [0.25, 0.3) is 5.56 Å². The van der Waals surface area contributed by atoms with Gasteiger partial charge in [-0.15, -0.1) is 0 Å². The highest BCUT2D eigenvalue weighted by molar-refractivity contribution is 5.76. The fourth-order valence-electron chi connectivity index (χ4n) is 2.11. The van der Waals surface area contributed by atoms with Crippen LogP contribution in [0.1, 0.15) is 6.42 Å². The molecule has 1 aliphatic rings. The van der Waals surface area contributed by atoms with Crippen LogP contribution in [0.15, 0.2) is 23.1 Å². The molecule has 0 atom stereocenters. The number of pyridine rings is 1. The number of carboxylic acid groups (broad SMARTS) is 1. The van der Waals surface area contributed by atoms with Gasteiger partial charge in [0.1, 0.15) is 6.54 Å². The summed E-state index contributed by atoms with van der Waals surface area (Å²) in [5.41, 5.74) is -0.524. The molecule has 1 N–H and O–H groups in total. The SMILES string of the molecule is O=C(O)Cn1cccc(OCCC(=O)N2CCOCC2)c1=O. The van der Waals surface area contributed by atoms with Crippen LogP contribution in [0, 0.1) is 0 Å². The number of nitrogens with zero attached hydrogens (tertiary/aromatic N) is 2. The van der Waals surface area contributed by atoms with Crippen molar-refractivity contribution in [2.75, 3.05) is 32.9 Å². The maximum atomic E-state index is 11.9. The maximum absolute atomic E-state index is 11.9. The number of ether oxygens (including phenoxy) is 2. The quantitative estimate of drug-likeness (QED) is 0.765. The van der Waals surface area contributed by atoms with Crippen molar-refractivity contribution in [3.05, 3.63) is 28.7 Å². The molecule has 0 unspecified atom stereocenters. The Bertz CT molecular complexity index is 591. The maximum Gasteiger partial charge on any atom is 0.323 e. The van der Waals surface area contributed by atoms with Gasteiger partial charge >= 0.3 is 5.97 Å². The topological polar surface area (TPSA) is 98.1 Å². The molecule has 0 radical (unpaired) electrons. The molecule has 0 bridgehead atoms. The molecule has 0 aliphatic carbocycles. The first-order valence-electron chi connectivity index (χ1n) is 6.97. The van der Waals surface area contributed by atoms with Crippen molar-refractivity contribution in [1.82, 2.24) is 9.47 Å². The predicted octanol–water partition coefficient (Wildman–Crippen LogP) is -0.439. The zero-order chi connectivity index (χ0) is 15.9. The third-order valence-corrected chi connectivity index (χ3v) is 3.23. The highest BCUT2D eigenvalue weighted by Gasteiger charge is 2.16. The van der Waals surface area contributed by atoms with Crippen LogP contribution in [-0.4, -0.2) is 59.4 Å². The van der Waals surface area contributed by atoms with Crippen molar-refractivity contribution in [3.8, 4) is 5.75 Å². The van der Waals surface area contributed by atoms with Crippen LogP contribution in [-0.2, 0) is 20.9 Å². The van der Waals surface area contributed by atoms with Gasteiger partial charge < -0.3 is 24.0 Å². The van der Waals surface area contributed by atoms with Gasteiger partial charge in [0, 0.05) is 19.3 Å². The third-order valence-electron chi connectivity index (χ3n) is 3.23. The third kappa shape index (κ3) is 4.32. The summed E-state index contributed by atoms with van der Waals surface area (Å²) in [5, 5.41) is 8.71. The number of hydrogen-bond donors (Lipinski definition) is 1. The van der Waals surface area contributed by atoms with Crippen molar-refractivity contribution >= 4 is 11.9 Å². The number of carbonyl (C=O) groups excluding carboxylic acids is 1. The molecule has 1 saturated heterocycles. The van der Waals surface area contributed by atoms with Crippen molar-refractivity contribution < 1.29 is 24.2 Å². The van der Waals surface area contributed by atoms with Gasteiger partial charge in [0.05, 0.1) is 26.2 Å². The average Bonchev–Trinajstić information content (AvgIpc) is 2.51. The molecular formula is C14H18N2O6. The van der Waals surface area contributed by atoms with Crippen molar-refractivity contribution in [2.45, 2.75) is 13.0 Å². The van der Waals surface area contributed by atoms with Gasteiger partial charge in [-0.2, -0.15) is 0 Å². The normalized spacial score (nSPS) is 14.6. The Hall–Kier alpha value is -2.35. The number of carbonyl (C=O) groups is 2. The zero-order valence-electron chi connectivity index (χ0n) is 12.1. The minimum absolute atomic E-state index is 0.0403. The van der Waals surface area contributed by atoms with E-state index in [0.717, 1.165) is 4.57 Å². The second-order valence-corrected chi connectivity index (χ2v) is 4.79. The number of rotatable bonds is 6. The second kappa shape index (κ2) is 7.60. The molecule has 1 fully saturated rings. The van der Waals surface area contributed by atoms with Crippen molar-refractivity contribution in [2.24, 2.45) is 0 Å². The molecule has 2 heterocycles. The fraction of sp³-hybridized carbons (Fsp3) is 0.500. The first-order valence-corrected chi connectivity index (χ1v) is 6.97. The average molecular weight is 310 g/mol. The Kier molecular flexibility index (Phi) is 5.54. The van der Waals surface area contributed by atoms with E-state index in [1.165, 1.54) is 18.3 Å². The molecule has 1 aromatic rings. The summed E-state index contributed by atoms with van der Waals surface area (Å²) in [7, 11) is 0. The predicted molar refractivity (Wildman–Crippen MR) is 75.8 cm³/mol. The van der Waals surface area contributed by atoms with E-state index >= 15 is 0 Å². The van der Waals surface area contributed by atoms with Crippen LogP contribution in [0.5, 0.6) is 5.75 Å². The van der Waals surface area contributed by atoms with Gasteiger partial charge in [-0.05, 0) is 12.1 Å². The molecule has 0 aromatic carbocycles. The molecule has 1 aliphatic heterocycles. The van der Waals surface area contributed by atoms with Crippen molar-refractivity contribution in [1.29, 1.82) is 0 Å². The van der Waals surface area contributed by atoms with Crippen LogP contribution >= 0.6 is 0 Å². The molecule has 1 aromatic heterocycles. The summed E-state index contributed by atoms with van der Waals surface area (Å²) in [6.45, 7) is 1.84. The summed E-state index contributed by atoms with van der Waals surface area (Å²) >= 11 is 0. The molecule has 0 saturated carbocycles. The monoisotopic (exact) mass is 310 g/mol. The van der Waals surface area contributed by atoms with Gasteiger partial charge in [0.2, 0.25) is 5.91 Å². The number of carboxylic acids is 1. The lowest BCUT2D eigenvalue weighted by Gasteiger charge is -2.26. The zero-order valence-corrected chi connectivity index (χ0v) is 12.1. The minimum atomic E-state index is -1.11. The number of hydrogen-bond acceptors (Lipinski definition) is 5. The fourth-order valence-corrected chi connectivity index (χ4v) is 2.11. The standard InChI is InChI=1S/C14H18N2O6/c17-12(15-5-8-21-9-6-15)3-7-22-11-2-1-4-16(14(11)20)10-13(18)19/h1-2,4H,3,5-10H2,(H,18,19). The lowest BCUT2D eigenvalue weighted by Crippen LogP contribution is -2.41. The molecule has 120 valence electrons. The summed E-state index contributed by atoms with van der Waals surface area (Å²) in [5.74, 6) is -1.12. The summed E-state index contributed by atoms with van der Waals surface area (Å²) in [6, 6.07) is 2.99. The van der Waals surface area contributed by atoms with E-state index in [-0.39, 0.29) is 24.7 Å². The lowest BCUT2D eigenvalue weighted by molar-refractivity contribution is -0.138. The second-order valence-electron chi connectivity index (χ2n) is 4.79. The van der Waals surface area contributed by atoms with Gasteiger partial charge in [-0.1, -0.05) is 0 Å². The number of morpholine rings is 1.